The fourth-order valence-electron chi connectivity index (χ4n) is 2.97. The molecule has 6 nitrogen and oxygen atoms in total. The number of carbonyl (C=O) groups is 1. The number of fused-ring (bicyclic) bond motifs is 2. The largest absolute Gasteiger partial charge is 0.387 e. The molecule has 0 aromatic carbocycles. The second kappa shape index (κ2) is 3.69. The normalized spacial score (nSPS) is 46.6. The number of aliphatic hydroxyl groups excluding tert-OH is 1. The maximum atomic E-state index is 11.8. The van der Waals surface area contributed by atoms with Crippen molar-refractivity contribution < 1.29 is 19.4 Å². The Balaban J connectivity index is 1.93. The molecule has 4 unspecified atom stereocenters. The third-order valence-corrected chi connectivity index (χ3v) is 4.23. The zero-order chi connectivity index (χ0) is 13.0. The zero-order valence-corrected chi connectivity index (χ0v) is 10.5. The smallest absolute Gasteiger partial charge is 0.323 e. The van der Waals surface area contributed by atoms with E-state index in [1.165, 1.54) is 4.90 Å². The number of aliphatic hydroxyl groups is 1. The van der Waals surface area contributed by atoms with Crippen molar-refractivity contribution in [3.05, 3.63) is 12.3 Å². The molecule has 0 aliphatic carbocycles. The van der Waals surface area contributed by atoms with Crippen molar-refractivity contribution in [3.63, 3.8) is 0 Å². The summed E-state index contributed by atoms with van der Waals surface area (Å²) in [6.45, 7) is 4.63. The van der Waals surface area contributed by atoms with Crippen LogP contribution in [0.4, 0.5) is 4.79 Å². The molecule has 2 amide bonds. The molecule has 0 spiro atoms. The first-order valence-corrected chi connectivity index (χ1v) is 6.26. The van der Waals surface area contributed by atoms with E-state index in [9.17, 15) is 9.90 Å². The molecule has 0 saturated carbocycles. The molecule has 3 rings (SSSR count). The predicted molar refractivity (Wildman–Crippen MR) is 62.6 cm³/mol. The first-order valence-electron chi connectivity index (χ1n) is 6.26. The summed E-state index contributed by atoms with van der Waals surface area (Å²) in [6, 6.07) is -0.224. The Morgan fingerprint density at radius 1 is 1.67 bits per heavy atom. The van der Waals surface area contributed by atoms with Gasteiger partial charge in [-0.2, -0.15) is 0 Å². The van der Waals surface area contributed by atoms with Crippen molar-refractivity contribution in [2.75, 3.05) is 13.2 Å². The number of hydrogen-bond donors (Lipinski definition) is 2. The molecule has 2 N–H and O–H groups in total. The van der Waals surface area contributed by atoms with Crippen LogP contribution in [0.5, 0.6) is 0 Å². The monoisotopic (exact) mass is 254 g/mol. The number of rotatable bonds is 2. The first kappa shape index (κ1) is 12.0. The minimum atomic E-state index is -0.866. The number of ether oxygens (including phenoxy) is 2. The van der Waals surface area contributed by atoms with Gasteiger partial charge in [0.2, 0.25) is 0 Å². The zero-order valence-electron chi connectivity index (χ0n) is 10.5. The lowest BCUT2D eigenvalue weighted by Gasteiger charge is -2.39. The highest BCUT2D eigenvalue weighted by Gasteiger charge is 2.69. The maximum Gasteiger partial charge on any atom is 0.323 e. The average Bonchev–Trinajstić information content (AvgIpc) is 2.75. The molecule has 6 heteroatoms. The van der Waals surface area contributed by atoms with Crippen molar-refractivity contribution in [2.45, 2.75) is 43.8 Å². The standard InChI is InChI=1S/C12H18N2O4/c1-3-12-7-17-11(2,8(12)15)9(18-12)14-6-4-5-13-10(14)16/h4,6,8-9,15H,3,5,7H2,1-2H3,(H,13,16). The number of hydrogen-bond acceptors (Lipinski definition) is 4. The van der Waals surface area contributed by atoms with Crippen LogP contribution >= 0.6 is 0 Å². The molecule has 2 bridgehead atoms. The molecule has 18 heavy (non-hydrogen) atoms. The lowest BCUT2D eigenvalue weighted by atomic mass is 9.89. The average molecular weight is 254 g/mol. The molecule has 100 valence electrons. The number of carbonyl (C=O) groups excluding carboxylic acids is 1. The number of urea groups is 1. The van der Waals surface area contributed by atoms with Crippen LogP contribution in [0.15, 0.2) is 12.3 Å². The summed E-state index contributed by atoms with van der Waals surface area (Å²) in [5, 5.41) is 13.1. The molecule has 2 saturated heterocycles. The Morgan fingerprint density at radius 2 is 2.44 bits per heavy atom. The summed E-state index contributed by atoms with van der Waals surface area (Å²) in [7, 11) is 0. The molecular weight excluding hydrogens is 236 g/mol. The Bertz CT molecular complexity index is 413. The van der Waals surface area contributed by atoms with Crippen LogP contribution in [-0.4, -0.2) is 52.7 Å². The number of nitrogens with zero attached hydrogens (tertiary/aromatic N) is 1. The van der Waals surface area contributed by atoms with E-state index in [0.717, 1.165) is 0 Å². The van der Waals surface area contributed by atoms with Gasteiger partial charge in [0.25, 0.3) is 0 Å². The van der Waals surface area contributed by atoms with Crippen LogP contribution in [0.25, 0.3) is 0 Å². The first-order chi connectivity index (χ1) is 8.53. The molecule has 2 fully saturated rings. The second-order valence-electron chi connectivity index (χ2n) is 5.24. The Labute approximate surface area is 106 Å². The van der Waals surface area contributed by atoms with Gasteiger partial charge in [0.05, 0.1) is 6.61 Å². The predicted octanol–water partition coefficient (Wildman–Crippen LogP) is 0.180. The van der Waals surface area contributed by atoms with Crippen LogP contribution in [0, 0.1) is 0 Å². The van der Waals surface area contributed by atoms with E-state index in [-0.39, 0.29) is 6.03 Å². The minimum absolute atomic E-state index is 0.224. The van der Waals surface area contributed by atoms with E-state index < -0.39 is 23.5 Å². The van der Waals surface area contributed by atoms with Crippen molar-refractivity contribution in [3.8, 4) is 0 Å². The van der Waals surface area contributed by atoms with E-state index in [1.54, 1.807) is 13.1 Å². The van der Waals surface area contributed by atoms with Gasteiger partial charge in [0.15, 0.2) is 6.23 Å². The van der Waals surface area contributed by atoms with Gasteiger partial charge in [-0.25, -0.2) is 4.79 Å². The van der Waals surface area contributed by atoms with Crippen LogP contribution in [0.1, 0.15) is 20.3 Å². The van der Waals surface area contributed by atoms with Crippen LogP contribution in [0.3, 0.4) is 0 Å². The summed E-state index contributed by atoms with van der Waals surface area (Å²) in [6.07, 6.45) is 2.88. The third-order valence-electron chi connectivity index (χ3n) is 4.23. The fourth-order valence-corrected chi connectivity index (χ4v) is 2.97. The summed E-state index contributed by atoms with van der Waals surface area (Å²) in [5.41, 5.74) is -1.56. The SMILES string of the molecule is CCC12COC(C)(C(N3C=CCNC3=O)O1)C2O. The van der Waals surface area contributed by atoms with Crippen molar-refractivity contribution in [1.82, 2.24) is 10.2 Å². The highest BCUT2D eigenvalue weighted by Crippen LogP contribution is 2.50. The Hall–Kier alpha value is -1.11. The molecule has 3 heterocycles. The van der Waals surface area contributed by atoms with E-state index in [1.807, 2.05) is 13.0 Å². The van der Waals surface area contributed by atoms with E-state index in [0.29, 0.717) is 19.6 Å². The van der Waals surface area contributed by atoms with Crippen LogP contribution in [-0.2, 0) is 9.47 Å². The summed E-state index contributed by atoms with van der Waals surface area (Å²) in [4.78, 5) is 13.3. The van der Waals surface area contributed by atoms with E-state index >= 15 is 0 Å². The fraction of sp³-hybridized carbons (Fsp3) is 0.750. The van der Waals surface area contributed by atoms with Crippen LogP contribution < -0.4 is 5.32 Å². The topological polar surface area (TPSA) is 71.0 Å². The van der Waals surface area contributed by atoms with Gasteiger partial charge in [0, 0.05) is 12.7 Å². The molecule has 3 aliphatic rings. The second-order valence-corrected chi connectivity index (χ2v) is 5.24. The third kappa shape index (κ3) is 1.31. The highest BCUT2D eigenvalue weighted by molar-refractivity contribution is 5.77. The van der Waals surface area contributed by atoms with Gasteiger partial charge in [-0.15, -0.1) is 0 Å². The molecule has 0 aromatic rings. The number of amides is 2. The molecule has 0 aromatic heterocycles. The van der Waals surface area contributed by atoms with Gasteiger partial charge in [0.1, 0.15) is 17.3 Å². The molecule has 4 atom stereocenters. The van der Waals surface area contributed by atoms with E-state index in [2.05, 4.69) is 5.32 Å². The van der Waals surface area contributed by atoms with Gasteiger partial charge < -0.3 is 19.9 Å². The summed E-state index contributed by atoms with van der Waals surface area (Å²) >= 11 is 0. The summed E-state index contributed by atoms with van der Waals surface area (Å²) < 4.78 is 11.7. The molecule has 3 aliphatic heterocycles. The maximum absolute atomic E-state index is 11.8. The van der Waals surface area contributed by atoms with Gasteiger partial charge >= 0.3 is 6.03 Å². The van der Waals surface area contributed by atoms with Crippen molar-refractivity contribution in [1.29, 1.82) is 0 Å². The lowest BCUT2D eigenvalue weighted by molar-refractivity contribution is -0.207. The summed E-state index contributed by atoms with van der Waals surface area (Å²) in [5.74, 6) is 0. The van der Waals surface area contributed by atoms with Crippen LogP contribution in [0.2, 0.25) is 0 Å². The Morgan fingerprint density at radius 3 is 3.06 bits per heavy atom. The quantitative estimate of drug-likeness (QED) is 0.737. The van der Waals surface area contributed by atoms with Gasteiger partial charge in [-0.05, 0) is 19.4 Å². The highest BCUT2D eigenvalue weighted by atomic mass is 16.7. The minimum Gasteiger partial charge on any atom is -0.387 e. The van der Waals surface area contributed by atoms with E-state index in [4.69, 9.17) is 9.47 Å². The number of nitrogens with one attached hydrogen (secondary N) is 1. The van der Waals surface area contributed by atoms with Gasteiger partial charge in [-0.1, -0.05) is 6.92 Å². The molecule has 0 radical (unpaired) electrons. The van der Waals surface area contributed by atoms with Crippen molar-refractivity contribution >= 4 is 6.03 Å². The van der Waals surface area contributed by atoms with Gasteiger partial charge in [-0.3, -0.25) is 4.90 Å². The molecular formula is C12H18N2O4. The van der Waals surface area contributed by atoms with Crippen molar-refractivity contribution in [2.24, 2.45) is 0 Å². The lowest BCUT2D eigenvalue weighted by Crippen LogP contribution is -2.57. The Kier molecular flexibility index (Phi) is 2.45.